The summed E-state index contributed by atoms with van der Waals surface area (Å²) in [6.07, 6.45) is 0. The molecule has 0 bridgehead atoms. The number of hydrogen-bond donors (Lipinski definition) is 1. The molecule has 4 nitrogen and oxygen atoms in total. The summed E-state index contributed by atoms with van der Waals surface area (Å²) in [5.74, 6) is 1.29. The zero-order valence-electron chi connectivity index (χ0n) is 15.4. The highest BCUT2D eigenvalue weighted by Crippen LogP contribution is 2.31. The fourth-order valence-corrected chi connectivity index (χ4v) is 5.50. The summed E-state index contributed by atoms with van der Waals surface area (Å²) in [6.45, 7) is 13.9. The summed E-state index contributed by atoms with van der Waals surface area (Å²) in [5, 5.41) is 0.859. The summed E-state index contributed by atoms with van der Waals surface area (Å²) < 4.78 is 34.3. The molecule has 0 radical (unpaired) electrons. The van der Waals surface area contributed by atoms with E-state index in [-0.39, 0.29) is 4.90 Å². The van der Waals surface area contributed by atoms with E-state index in [0.29, 0.717) is 5.76 Å². The quantitative estimate of drug-likeness (QED) is 0.597. The van der Waals surface area contributed by atoms with E-state index in [0.717, 1.165) is 16.5 Å². The van der Waals surface area contributed by atoms with E-state index in [1.54, 1.807) is 30.3 Å². The second-order valence-corrected chi connectivity index (χ2v) is 13.9. The molecule has 1 aromatic heterocycles. The molecule has 0 saturated carbocycles. The smallest absolute Gasteiger partial charge is 0.241 e. The van der Waals surface area contributed by atoms with Gasteiger partial charge in [-0.15, -0.1) is 5.73 Å². The molecule has 0 fully saturated rings. The molecule has 0 aliphatic heterocycles. The van der Waals surface area contributed by atoms with Gasteiger partial charge in [0.25, 0.3) is 0 Å². The van der Waals surface area contributed by atoms with Gasteiger partial charge in [-0.1, -0.05) is 43.9 Å². The first kappa shape index (κ1) is 19.5. The lowest BCUT2D eigenvalue weighted by Gasteiger charge is -2.27. The Kier molecular flexibility index (Phi) is 5.59. The highest BCUT2D eigenvalue weighted by atomic mass is 32.2. The van der Waals surface area contributed by atoms with Crippen LogP contribution in [-0.4, -0.2) is 16.5 Å². The normalized spacial score (nSPS) is 13.3. The molecular formula is C19H25NO3SSi. The molecule has 134 valence electrons. The Balaban J connectivity index is 2.50. The van der Waals surface area contributed by atoms with Gasteiger partial charge in [0.15, 0.2) is 0 Å². The first-order valence-corrected chi connectivity index (χ1v) is 13.1. The highest BCUT2D eigenvalue weighted by molar-refractivity contribution is 7.89. The standard InChI is InChI=1S/C19H25NO3SSi/c1-7-18(25(4,5)6)19(17-13-10-15(3)23-17)20-24(21,22)16-11-8-14(2)9-12-16/h8-13,19-20H,1H2,2-6H3/t19-/m1/s1. The van der Waals surface area contributed by atoms with Crippen LogP contribution in [0.15, 0.2) is 63.2 Å². The number of rotatable bonds is 6. The molecule has 1 N–H and O–H groups in total. The van der Waals surface area contributed by atoms with Gasteiger partial charge in [0.05, 0.1) is 13.0 Å². The Hall–Kier alpha value is -1.85. The van der Waals surface area contributed by atoms with Crippen molar-refractivity contribution in [3.63, 3.8) is 0 Å². The van der Waals surface area contributed by atoms with Gasteiger partial charge < -0.3 is 4.42 Å². The average Bonchev–Trinajstić information content (AvgIpc) is 2.92. The number of furan rings is 1. The van der Waals surface area contributed by atoms with Crippen LogP contribution in [0.25, 0.3) is 0 Å². The molecule has 1 heterocycles. The van der Waals surface area contributed by atoms with Crippen molar-refractivity contribution in [3.05, 3.63) is 71.0 Å². The summed E-state index contributed by atoms with van der Waals surface area (Å²) in [7, 11) is -5.58. The summed E-state index contributed by atoms with van der Waals surface area (Å²) in [6, 6.07) is 9.79. The molecule has 0 aliphatic carbocycles. The molecule has 2 aromatic rings. The Morgan fingerprint density at radius 3 is 2.16 bits per heavy atom. The highest BCUT2D eigenvalue weighted by Gasteiger charge is 2.33. The van der Waals surface area contributed by atoms with Crippen LogP contribution in [0.2, 0.25) is 19.6 Å². The van der Waals surface area contributed by atoms with E-state index in [9.17, 15) is 8.42 Å². The van der Waals surface area contributed by atoms with E-state index in [2.05, 4.69) is 36.7 Å². The Morgan fingerprint density at radius 1 is 1.12 bits per heavy atom. The monoisotopic (exact) mass is 375 g/mol. The van der Waals surface area contributed by atoms with E-state index >= 15 is 0 Å². The number of benzene rings is 1. The van der Waals surface area contributed by atoms with Gasteiger partial charge in [-0.05, 0) is 43.3 Å². The maximum absolute atomic E-state index is 12.9. The molecular weight excluding hydrogens is 350 g/mol. The topological polar surface area (TPSA) is 59.3 Å². The van der Waals surface area contributed by atoms with E-state index in [4.69, 9.17) is 4.42 Å². The van der Waals surface area contributed by atoms with Crippen molar-refractivity contribution in [3.8, 4) is 0 Å². The number of nitrogens with one attached hydrogen (secondary N) is 1. The van der Waals surface area contributed by atoms with Crippen molar-refractivity contribution >= 4 is 18.1 Å². The van der Waals surface area contributed by atoms with Crippen LogP contribution in [0.5, 0.6) is 0 Å². The zero-order valence-corrected chi connectivity index (χ0v) is 17.2. The molecule has 2 rings (SSSR count). The van der Waals surface area contributed by atoms with Crippen LogP contribution < -0.4 is 4.72 Å². The maximum Gasteiger partial charge on any atom is 0.241 e. The minimum Gasteiger partial charge on any atom is -0.464 e. The minimum absolute atomic E-state index is 0.227. The number of sulfonamides is 1. The lowest BCUT2D eigenvalue weighted by molar-refractivity contribution is 0.453. The molecule has 0 aliphatic rings. The first-order chi connectivity index (χ1) is 11.5. The molecule has 1 aromatic carbocycles. The van der Waals surface area contributed by atoms with Crippen molar-refractivity contribution < 1.29 is 12.8 Å². The fraction of sp³-hybridized carbons (Fsp3) is 0.316. The predicted molar refractivity (Wildman–Crippen MR) is 104 cm³/mol. The third-order valence-corrected chi connectivity index (χ3v) is 7.46. The second-order valence-electron chi connectivity index (χ2n) is 7.16. The van der Waals surface area contributed by atoms with Crippen molar-refractivity contribution in [2.75, 3.05) is 0 Å². The molecule has 0 unspecified atom stereocenters. The lowest BCUT2D eigenvalue weighted by Crippen LogP contribution is -2.37. The largest absolute Gasteiger partial charge is 0.464 e. The predicted octanol–water partition coefficient (Wildman–Crippen LogP) is 4.50. The van der Waals surface area contributed by atoms with Crippen LogP contribution in [0.4, 0.5) is 0 Å². The van der Waals surface area contributed by atoms with Gasteiger partial charge >= 0.3 is 0 Å². The van der Waals surface area contributed by atoms with Gasteiger partial charge in [-0.3, -0.25) is 0 Å². The van der Waals surface area contributed by atoms with Gasteiger partial charge in [0.1, 0.15) is 17.6 Å². The molecule has 0 spiro atoms. The number of aryl methyl sites for hydroxylation is 2. The summed E-state index contributed by atoms with van der Waals surface area (Å²) in [4.78, 5) is 0.227. The van der Waals surface area contributed by atoms with Crippen LogP contribution in [0, 0.1) is 13.8 Å². The Bertz CT molecular complexity index is 899. The van der Waals surface area contributed by atoms with Gasteiger partial charge in [0.2, 0.25) is 10.0 Å². The van der Waals surface area contributed by atoms with E-state index in [1.165, 1.54) is 0 Å². The van der Waals surface area contributed by atoms with Gasteiger partial charge in [-0.25, -0.2) is 8.42 Å². The molecule has 1 atom stereocenters. The fourth-order valence-electron chi connectivity index (χ4n) is 2.61. The van der Waals surface area contributed by atoms with Crippen molar-refractivity contribution in [2.24, 2.45) is 0 Å². The third kappa shape index (κ3) is 4.61. The SMILES string of the molecule is C=C=C([C@H](NS(=O)(=O)c1ccc(C)cc1)c1ccc(C)o1)[Si](C)(C)C. The second kappa shape index (κ2) is 7.18. The zero-order chi connectivity index (χ0) is 18.8. The van der Waals surface area contributed by atoms with Crippen LogP contribution in [0.3, 0.4) is 0 Å². The Morgan fingerprint density at radius 2 is 1.72 bits per heavy atom. The lowest BCUT2D eigenvalue weighted by atomic mass is 10.2. The summed E-state index contributed by atoms with van der Waals surface area (Å²) in [5.41, 5.74) is 3.98. The molecule has 0 amide bonds. The van der Waals surface area contributed by atoms with E-state index in [1.807, 2.05) is 19.9 Å². The molecule has 6 heteroatoms. The maximum atomic E-state index is 12.9. The van der Waals surface area contributed by atoms with Gasteiger partial charge in [-0.2, -0.15) is 4.72 Å². The molecule has 0 saturated heterocycles. The van der Waals surface area contributed by atoms with Crippen molar-refractivity contribution in [1.82, 2.24) is 4.72 Å². The average molecular weight is 376 g/mol. The Labute approximate surface area is 151 Å². The number of hydrogen-bond acceptors (Lipinski definition) is 3. The van der Waals surface area contributed by atoms with Gasteiger partial charge in [0, 0.05) is 0 Å². The van der Waals surface area contributed by atoms with Crippen LogP contribution in [0.1, 0.15) is 23.1 Å². The van der Waals surface area contributed by atoms with Crippen molar-refractivity contribution in [2.45, 2.75) is 44.4 Å². The van der Waals surface area contributed by atoms with E-state index < -0.39 is 24.1 Å². The van der Waals surface area contributed by atoms with Crippen molar-refractivity contribution in [1.29, 1.82) is 0 Å². The van der Waals surface area contributed by atoms with Crippen LogP contribution in [-0.2, 0) is 10.0 Å². The summed E-state index contributed by atoms with van der Waals surface area (Å²) >= 11 is 0. The van der Waals surface area contributed by atoms with Crippen LogP contribution >= 0.6 is 0 Å². The minimum atomic E-state index is -3.71. The first-order valence-electron chi connectivity index (χ1n) is 8.10. The third-order valence-electron chi connectivity index (χ3n) is 3.94. The molecule has 25 heavy (non-hydrogen) atoms.